The van der Waals surface area contributed by atoms with Crippen LogP contribution in [0.2, 0.25) is 5.02 Å². The second-order valence-corrected chi connectivity index (χ2v) is 10.5. The Hall–Kier alpha value is -2.61. The summed E-state index contributed by atoms with van der Waals surface area (Å²) in [4.78, 5) is 33.3. The third-order valence-electron chi connectivity index (χ3n) is 5.78. The van der Waals surface area contributed by atoms with E-state index >= 15 is 0 Å². The molecule has 0 saturated carbocycles. The fourth-order valence-electron chi connectivity index (χ4n) is 4.13. The number of thiophene rings is 1. The van der Waals surface area contributed by atoms with Crippen LogP contribution >= 0.6 is 34.7 Å². The Morgan fingerprint density at radius 1 is 1.18 bits per heavy atom. The zero-order chi connectivity index (χ0) is 22.9. The summed E-state index contributed by atoms with van der Waals surface area (Å²) < 4.78 is 1.65. The minimum Gasteiger partial charge on any atom is -0.325 e. The Bertz CT molecular complexity index is 1410. The molecule has 1 aliphatic rings. The van der Waals surface area contributed by atoms with E-state index in [-0.39, 0.29) is 17.2 Å². The maximum absolute atomic E-state index is 13.7. The first-order chi connectivity index (χ1) is 16.0. The molecule has 4 aromatic rings. The lowest BCUT2D eigenvalue weighted by Crippen LogP contribution is -2.23. The van der Waals surface area contributed by atoms with Crippen molar-refractivity contribution in [3.63, 3.8) is 0 Å². The highest BCUT2D eigenvalue weighted by Crippen LogP contribution is 2.35. The number of nitrogens with zero attached hydrogens (tertiary/aromatic N) is 2. The van der Waals surface area contributed by atoms with Crippen molar-refractivity contribution < 1.29 is 4.79 Å². The SMILES string of the molecule is Cc1ccc(Cl)cc1NC(=O)CSc1nc2sc3c(c2c(=O)n1-c1ccccc1)CCCC3. The number of para-hydroxylation sites is 1. The molecule has 33 heavy (non-hydrogen) atoms. The minimum atomic E-state index is -0.176. The molecule has 168 valence electrons. The third kappa shape index (κ3) is 4.45. The number of benzene rings is 2. The number of hydrogen-bond acceptors (Lipinski definition) is 5. The first-order valence-corrected chi connectivity index (χ1v) is 13.0. The van der Waals surface area contributed by atoms with Gasteiger partial charge in [0.15, 0.2) is 5.16 Å². The van der Waals surface area contributed by atoms with Crippen molar-refractivity contribution in [3.05, 3.63) is 79.9 Å². The first-order valence-electron chi connectivity index (χ1n) is 10.8. The Balaban J connectivity index is 1.51. The van der Waals surface area contributed by atoms with Crippen LogP contribution in [0, 0.1) is 6.92 Å². The highest BCUT2D eigenvalue weighted by molar-refractivity contribution is 7.99. The molecule has 2 aromatic heterocycles. The van der Waals surface area contributed by atoms with E-state index in [2.05, 4.69) is 5.32 Å². The summed E-state index contributed by atoms with van der Waals surface area (Å²) in [6.07, 6.45) is 4.18. The second-order valence-electron chi connectivity index (χ2n) is 8.06. The smallest absolute Gasteiger partial charge is 0.267 e. The summed E-state index contributed by atoms with van der Waals surface area (Å²) in [5.74, 6) is -0.0493. The van der Waals surface area contributed by atoms with Gasteiger partial charge in [0.05, 0.1) is 16.8 Å². The fraction of sp³-hybridized carbons (Fsp3) is 0.240. The predicted molar refractivity (Wildman–Crippen MR) is 137 cm³/mol. The predicted octanol–water partition coefficient (Wildman–Crippen LogP) is 6.02. The molecule has 0 atom stereocenters. The molecule has 5 nitrogen and oxygen atoms in total. The van der Waals surface area contributed by atoms with Gasteiger partial charge in [-0.15, -0.1) is 11.3 Å². The Kier molecular flexibility index (Phi) is 6.27. The van der Waals surface area contributed by atoms with Crippen LogP contribution in [0.3, 0.4) is 0 Å². The Morgan fingerprint density at radius 3 is 2.79 bits per heavy atom. The summed E-state index contributed by atoms with van der Waals surface area (Å²) in [7, 11) is 0. The molecule has 0 fully saturated rings. The number of amides is 1. The number of fused-ring (bicyclic) bond motifs is 3. The first kappa shape index (κ1) is 22.2. The summed E-state index contributed by atoms with van der Waals surface area (Å²) in [6, 6.07) is 14.9. The van der Waals surface area contributed by atoms with Crippen molar-refractivity contribution in [2.24, 2.45) is 0 Å². The Labute approximate surface area is 204 Å². The summed E-state index contributed by atoms with van der Waals surface area (Å²) in [5.41, 5.74) is 3.47. The molecule has 1 amide bonds. The van der Waals surface area contributed by atoms with Crippen LogP contribution in [0.15, 0.2) is 58.5 Å². The summed E-state index contributed by atoms with van der Waals surface area (Å²) in [5, 5.41) is 4.74. The van der Waals surface area contributed by atoms with Crippen LogP contribution in [-0.4, -0.2) is 21.2 Å². The molecule has 0 unspecified atom stereocenters. The van der Waals surface area contributed by atoms with Gasteiger partial charge in [-0.1, -0.05) is 47.6 Å². The minimum absolute atomic E-state index is 0.0563. The second kappa shape index (κ2) is 9.33. The summed E-state index contributed by atoms with van der Waals surface area (Å²) in [6.45, 7) is 1.92. The van der Waals surface area contributed by atoms with Crippen molar-refractivity contribution >= 4 is 56.5 Å². The number of aromatic nitrogens is 2. The summed E-state index contributed by atoms with van der Waals surface area (Å²) >= 11 is 8.96. The molecule has 5 rings (SSSR count). The molecule has 0 aliphatic heterocycles. The molecule has 1 aliphatic carbocycles. The standard InChI is InChI=1S/C25H22ClN3O2S2/c1-15-11-12-16(26)13-19(15)27-21(30)14-32-25-28-23-22(18-9-5-6-10-20(18)33-23)24(31)29(25)17-7-3-2-4-8-17/h2-4,7-8,11-13H,5-6,9-10,14H2,1H3,(H,27,30). The van der Waals surface area contributed by atoms with Gasteiger partial charge >= 0.3 is 0 Å². The highest BCUT2D eigenvalue weighted by atomic mass is 35.5. The lowest BCUT2D eigenvalue weighted by atomic mass is 9.97. The van der Waals surface area contributed by atoms with E-state index in [0.717, 1.165) is 52.7 Å². The van der Waals surface area contributed by atoms with Gasteiger partial charge in [0, 0.05) is 15.6 Å². The maximum atomic E-state index is 13.7. The van der Waals surface area contributed by atoms with E-state index in [0.29, 0.717) is 15.9 Å². The molecular formula is C25H22ClN3O2S2. The van der Waals surface area contributed by atoms with Crippen molar-refractivity contribution in [2.45, 2.75) is 37.8 Å². The third-order valence-corrected chi connectivity index (χ3v) is 8.14. The van der Waals surface area contributed by atoms with Gasteiger partial charge in [-0.2, -0.15) is 0 Å². The average Bonchev–Trinajstić information content (AvgIpc) is 3.19. The number of carbonyl (C=O) groups excluding carboxylic acids is 1. The van der Waals surface area contributed by atoms with E-state index < -0.39 is 0 Å². The van der Waals surface area contributed by atoms with Crippen molar-refractivity contribution in [1.82, 2.24) is 9.55 Å². The van der Waals surface area contributed by atoms with Crippen LogP contribution in [0.25, 0.3) is 15.9 Å². The number of aryl methyl sites for hydroxylation is 3. The van der Waals surface area contributed by atoms with Crippen molar-refractivity contribution in [3.8, 4) is 5.69 Å². The van der Waals surface area contributed by atoms with E-state index in [9.17, 15) is 9.59 Å². The molecule has 0 spiro atoms. The molecule has 2 aromatic carbocycles. The van der Waals surface area contributed by atoms with E-state index in [1.54, 1.807) is 28.0 Å². The number of carbonyl (C=O) groups is 1. The zero-order valence-electron chi connectivity index (χ0n) is 18.1. The van der Waals surface area contributed by atoms with Crippen LogP contribution in [0.1, 0.15) is 28.8 Å². The van der Waals surface area contributed by atoms with E-state index in [1.807, 2.05) is 43.3 Å². The highest BCUT2D eigenvalue weighted by Gasteiger charge is 2.23. The van der Waals surface area contributed by atoms with Crippen molar-refractivity contribution in [1.29, 1.82) is 0 Å². The molecular weight excluding hydrogens is 474 g/mol. The molecule has 2 heterocycles. The van der Waals surface area contributed by atoms with E-state index in [1.165, 1.54) is 16.6 Å². The van der Waals surface area contributed by atoms with Crippen LogP contribution in [0.4, 0.5) is 5.69 Å². The van der Waals surface area contributed by atoms with Gasteiger partial charge in [-0.05, 0) is 68.0 Å². The zero-order valence-corrected chi connectivity index (χ0v) is 20.4. The lowest BCUT2D eigenvalue weighted by Gasteiger charge is -2.14. The van der Waals surface area contributed by atoms with Gasteiger partial charge < -0.3 is 5.32 Å². The number of anilines is 1. The van der Waals surface area contributed by atoms with Crippen LogP contribution in [-0.2, 0) is 17.6 Å². The van der Waals surface area contributed by atoms with Crippen LogP contribution in [0.5, 0.6) is 0 Å². The topological polar surface area (TPSA) is 64.0 Å². The number of nitrogens with one attached hydrogen (secondary N) is 1. The molecule has 8 heteroatoms. The number of hydrogen-bond donors (Lipinski definition) is 1. The van der Waals surface area contributed by atoms with Gasteiger partial charge in [0.25, 0.3) is 5.56 Å². The molecule has 1 N–H and O–H groups in total. The van der Waals surface area contributed by atoms with Gasteiger partial charge in [0.1, 0.15) is 4.83 Å². The molecule has 0 saturated heterocycles. The normalized spacial score (nSPS) is 13.2. The van der Waals surface area contributed by atoms with Gasteiger partial charge in [-0.3, -0.25) is 14.2 Å². The number of halogens is 1. The van der Waals surface area contributed by atoms with E-state index in [4.69, 9.17) is 16.6 Å². The Morgan fingerprint density at radius 2 is 1.97 bits per heavy atom. The van der Waals surface area contributed by atoms with Crippen molar-refractivity contribution in [2.75, 3.05) is 11.1 Å². The lowest BCUT2D eigenvalue weighted by molar-refractivity contribution is -0.113. The molecule has 0 radical (unpaired) electrons. The largest absolute Gasteiger partial charge is 0.325 e. The molecule has 0 bridgehead atoms. The van der Waals surface area contributed by atoms with Gasteiger partial charge in [0.2, 0.25) is 5.91 Å². The fourth-order valence-corrected chi connectivity index (χ4v) is 6.42. The number of rotatable bonds is 5. The maximum Gasteiger partial charge on any atom is 0.267 e. The average molecular weight is 496 g/mol. The number of thioether (sulfide) groups is 1. The van der Waals surface area contributed by atoms with Crippen LogP contribution < -0.4 is 10.9 Å². The van der Waals surface area contributed by atoms with Gasteiger partial charge in [-0.25, -0.2) is 4.98 Å². The quantitative estimate of drug-likeness (QED) is 0.271. The monoisotopic (exact) mass is 495 g/mol.